The van der Waals surface area contributed by atoms with Crippen molar-refractivity contribution in [1.82, 2.24) is 15.7 Å². The Balaban J connectivity index is 1.84. The van der Waals surface area contributed by atoms with E-state index >= 15 is 0 Å². The molecule has 1 heterocycles. The van der Waals surface area contributed by atoms with Crippen molar-refractivity contribution >= 4 is 23.9 Å². The van der Waals surface area contributed by atoms with Gasteiger partial charge in [0.1, 0.15) is 0 Å². The first-order valence-electron chi connectivity index (χ1n) is 9.88. The normalized spacial score (nSPS) is 13.6. The summed E-state index contributed by atoms with van der Waals surface area (Å²) in [4.78, 5) is 35.4. The summed E-state index contributed by atoms with van der Waals surface area (Å²) in [6, 6.07) is 5.54. The molecule has 8 heteroatoms. The SMILES string of the molecule is CCCCC[C@H](CN(O)C=O)C(=O)NCNC(=O)c1ccc2c(c1)CCCN2. The van der Waals surface area contributed by atoms with Gasteiger partial charge >= 0.3 is 0 Å². The molecule has 8 nitrogen and oxygen atoms in total. The first-order chi connectivity index (χ1) is 13.5. The number of nitrogens with one attached hydrogen (secondary N) is 3. The Bertz CT molecular complexity index is 680. The van der Waals surface area contributed by atoms with Crippen LogP contribution >= 0.6 is 0 Å². The van der Waals surface area contributed by atoms with Crippen molar-refractivity contribution in [3.05, 3.63) is 29.3 Å². The van der Waals surface area contributed by atoms with Crippen LogP contribution in [0.15, 0.2) is 18.2 Å². The molecule has 0 bridgehead atoms. The molecule has 0 unspecified atom stereocenters. The van der Waals surface area contributed by atoms with Gasteiger partial charge in [0.15, 0.2) is 0 Å². The molecule has 1 aromatic rings. The predicted molar refractivity (Wildman–Crippen MR) is 106 cm³/mol. The number of carbonyl (C=O) groups excluding carboxylic acids is 3. The number of aryl methyl sites for hydroxylation is 1. The third-order valence-corrected chi connectivity index (χ3v) is 4.87. The molecule has 2 rings (SSSR count). The summed E-state index contributed by atoms with van der Waals surface area (Å²) >= 11 is 0. The minimum atomic E-state index is -0.520. The van der Waals surface area contributed by atoms with Crippen molar-refractivity contribution in [2.75, 3.05) is 25.1 Å². The van der Waals surface area contributed by atoms with Crippen LogP contribution < -0.4 is 16.0 Å². The number of benzene rings is 1. The summed E-state index contributed by atoms with van der Waals surface area (Å²) in [5.41, 5.74) is 2.74. The van der Waals surface area contributed by atoms with Gasteiger partial charge in [0, 0.05) is 17.8 Å². The van der Waals surface area contributed by atoms with E-state index in [1.165, 1.54) is 0 Å². The molecule has 1 aliphatic rings. The molecule has 1 aliphatic heterocycles. The molecule has 4 N–H and O–H groups in total. The van der Waals surface area contributed by atoms with E-state index in [-0.39, 0.29) is 31.4 Å². The molecule has 0 aromatic heterocycles. The van der Waals surface area contributed by atoms with Crippen molar-refractivity contribution in [1.29, 1.82) is 0 Å². The van der Waals surface area contributed by atoms with E-state index in [1.54, 1.807) is 6.07 Å². The summed E-state index contributed by atoms with van der Waals surface area (Å²) < 4.78 is 0. The summed E-state index contributed by atoms with van der Waals surface area (Å²) in [7, 11) is 0. The number of fused-ring (bicyclic) bond motifs is 1. The second-order valence-electron chi connectivity index (χ2n) is 7.05. The predicted octanol–water partition coefficient (Wildman–Crippen LogP) is 1.89. The van der Waals surface area contributed by atoms with E-state index in [2.05, 4.69) is 22.9 Å². The van der Waals surface area contributed by atoms with Crippen LogP contribution in [0.1, 0.15) is 54.9 Å². The van der Waals surface area contributed by atoms with E-state index in [9.17, 15) is 19.6 Å². The second kappa shape index (κ2) is 11.3. The molecular formula is C20H30N4O4. The topological polar surface area (TPSA) is 111 Å². The van der Waals surface area contributed by atoms with Gasteiger partial charge in [-0.1, -0.05) is 26.2 Å². The zero-order chi connectivity index (χ0) is 20.4. The van der Waals surface area contributed by atoms with Gasteiger partial charge in [-0.2, -0.15) is 0 Å². The zero-order valence-electron chi connectivity index (χ0n) is 16.4. The van der Waals surface area contributed by atoms with Crippen LogP contribution in [0.3, 0.4) is 0 Å². The first kappa shape index (κ1) is 21.7. The zero-order valence-corrected chi connectivity index (χ0v) is 16.4. The van der Waals surface area contributed by atoms with Crippen LogP contribution in [-0.4, -0.2) is 48.3 Å². The van der Waals surface area contributed by atoms with Crippen molar-refractivity contribution in [2.45, 2.75) is 45.4 Å². The molecule has 0 radical (unpaired) electrons. The maximum absolute atomic E-state index is 12.4. The maximum Gasteiger partial charge on any atom is 0.252 e. The Morgan fingerprint density at radius 3 is 2.89 bits per heavy atom. The largest absolute Gasteiger partial charge is 0.385 e. The van der Waals surface area contributed by atoms with Crippen LogP contribution in [0.2, 0.25) is 0 Å². The van der Waals surface area contributed by atoms with E-state index in [1.807, 2.05) is 12.1 Å². The summed E-state index contributed by atoms with van der Waals surface area (Å²) in [6.07, 6.45) is 5.64. The Kier molecular flexibility index (Phi) is 8.74. The number of hydrogen-bond donors (Lipinski definition) is 4. The molecular weight excluding hydrogens is 360 g/mol. The highest BCUT2D eigenvalue weighted by molar-refractivity contribution is 5.95. The Morgan fingerprint density at radius 2 is 2.14 bits per heavy atom. The molecule has 1 atom stereocenters. The van der Waals surface area contributed by atoms with Gasteiger partial charge in [-0.25, -0.2) is 5.06 Å². The fourth-order valence-corrected chi connectivity index (χ4v) is 3.29. The molecule has 0 fully saturated rings. The molecule has 0 spiro atoms. The number of nitrogens with zero attached hydrogens (tertiary/aromatic N) is 1. The monoisotopic (exact) mass is 390 g/mol. The van der Waals surface area contributed by atoms with E-state index in [0.29, 0.717) is 17.0 Å². The fourth-order valence-electron chi connectivity index (χ4n) is 3.29. The van der Waals surface area contributed by atoms with Gasteiger partial charge in [0.25, 0.3) is 5.91 Å². The summed E-state index contributed by atoms with van der Waals surface area (Å²) in [5, 5.41) is 18.5. The third kappa shape index (κ3) is 6.53. The standard InChI is InChI=1S/C20H30N4O4/c1-2-3-4-6-17(12-24(28)14-25)20(27)23-13-22-19(26)16-8-9-18-15(11-16)7-5-10-21-18/h8-9,11,14,17,21,28H,2-7,10,12-13H2,1H3,(H,22,26)(H,23,27)/t17-/m1/s1. The minimum absolute atomic E-state index is 0.0101. The molecule has 0 saturated heterocycles. The third-order valence-electron chi connectivity index (χ3n) is 4.87. The van der Waals surface area contributed by atoms with Gasteiger partial charge in [0.2, 0.25) is 12.3 Å². The molecule has 0 saturated carbocycles. The van der Waals surface area contributed by atoms with Crippen LogP contribution in [0.5, 0.6) is 0 Å². The molecule has 0 aliphatic carbocycles. The molecule has 154 valence electrons. The lowest BCUT2D eigenvalue weighted by atomic mass is 10.00. The van der Waals surface area contributed by atoms with Gasteiger partial charge < -0.3 is 16.0 Å². The van der Waals surface area contributed by atoms with E-state index in [0.717, 1.165) is 49.9 Å². The highest BCUT2D eigenvalue weighted by atomic mass is 16.5. The van der Waals surface area contributed by atoms with E-state index in [4.69, 9.17) is 0 Å². The second-order valence-corrected chi connectivity index (χ2v) is 7.05. The van der Waals surface area contributed by atoms with Crippen LogP contribution in [0.25, 0.3) is 0 Å². The number of hydroxylamine groups is 2. The molecule has 1 aromatic carbocycles. The molecule has 3 amide bonds. The number of carbonyl (C=O) groups is 3. The van der Waals surface area contributed by atoms with Crippen molar-refractivity contribution in [3.63, 3.8) is 0 Å². The minimum Gasteiger partial charge on any atom is -0.385 e. The average Bonchev–Trinajstić information content (AvgIpc) is 2.72. The quantitative estimate of drug-likeness (QED) is 0.152. The van der Waals surface area contributed by atoms with E-state index < -0.39 is 5.92 Å². The average molecular weight is 390 g/mol. The van der Waals surface area contributed by atoms with Crippen molar-refractivity contribution in [3.8, 4) is 0 Å². The van der Waals surface area contributed by atoms with Crippen LogP contribution in [0.4, 0.5) is 5.69 Å². The van der Waals surface area contributed by atoms with Crippen LogP contribution in [-0.2, 0) is 16.0 Å². The Hall–Kier alpha value is -2.61. The Morgan fingerprint density at radius 1 is 1.32 bits per heavy atom. The number of unbranched alkanes of at least 4 members (excludes halogenated alkanes) is 2. The number of anilines is 1. The van der Waals surface area contributed by atoms with Crippen molar-refractivity contribution < 1.29 is 19.6 Å². The van der Waals surface area contributed by atoms with Gasteiger partial charge in [-0.05, 0) is 43.0 Å². The number of hydrogen-bond acceptors (Lipinski definition) is 5. The highest BCUT2D eigenvalue weighted by Gasteiger charge is 2.20. The van der Waals surface area contributed by atoms with Crippen LogP contribution in [0, 0.1) is 5.92 Å². The lowest BCUT2D eigenvalue weighted by Crippen LogP contribution is -2.43. The van der Waals surface area contributed by atoms with Crippen molar-refractivity contribution in [2.24, 2.45) is 5.92 Å². The van der Waals surface area contributed by atoms with Gasteiger partial charge in [-0.3, -0.25) is 19.6 Å². The molecule has 28 heavy (non-hydrogen) atoms. The highest BCUT2D eigenvalue weighted by Crippen LogP contribution is 2.22. The number of rotatable bonds is 11. The lowest BCUT2D eigenvalue weighted by Gasteiger charge is -2.20. The summed E-state index contributed by atoms with van der Waals surface area (Å²) in [5.74, 6) is -1.08. The lowest BCUT2D eigenvalue weighted by molar-refractivity contribution is -0.154. The summed E-state index contributed by atoms with van der Waals surface area (Å²) in [6.45, 7) is 2.93. The van der Waals surface area contributed by atoms with Gasteiger partial charge in [0.05, 0.1) is 19.1 Å². The smallest absolute Gasteiger partial charge is 0.252 e. The first-order valence-corrected chi connectivity index (χ1v) is 9.88. The Labute approximate surface area is 165 Å². The number of amides is 3. The fraction of sp³-hybridized carbons (Fsp3) is 0.550. The van der Waals surface area contributed by atoms with Gasteiger partial charge in [-0.15, -0.1) is 0 Å². The maximum atomic E-state index is 12.4.